The van der Waals surface area contributed by atoms with Gasteiger partial charge in [0.25, 0.3) is 5.69 Å². The predicted molar refractivity (Wildman–Crippen MR) is 78.5 cm³/mol. The van der Waals surface area contributed by atoms with E-state index in [-0.39, 0.29) is 11.4 Å². The summed E-state index contributed by atoms with van der Waals surface area (Å²) >= 11 is 0. The molecule has 0 N–H and O–H groups in total. The van der Waals surface area contributed by atoms with Crippen molar-refractivity contribution in [2.45, 2.75) is 19.2 Å². The zero-order valence-electron chi connectivity index (χ0n) is 12.4. The molecule has 126 valence electrons. The Bertz CT molecular complexity index is 777. The standard InChI is InChI=1S/C16H13F3N2O3/c17-16(18,19)24-12-6-7-13-11(10-12)4-3-8-20(13)15(22)14-5-1-2-9-21(14)23/h1-2,5-7,9-10H,3-4,8H2. The van der Waals surface area contributed by atoms with Crippen molar-refractivity contribution in [2.75, 3.05) is 11.4 Å². The Morgan fingerprint density at radius 1 is 1.25 bits per heavy atom. The van der Waals surface area contributed by atoms with Crippen molar-refractivity contribution in [2.24, 2.45) is 0 Å². The summed E-state index contributed by atoms with van der Waals surface area (Å²) in [7, 11) is 0. The minimum Gasteiger partial charge on any atom is -0.618 e. The molecule has 8 heteroatoms. The predicted octanol–water partition coefficient (Wildman–Crippen LogP) is 2.81. The van der Waals surface area contributed by atoms with Gasteiger partial charge in [0.15, 0.2) is 6.20 Å². The Balaban J connectivity index is 1.92. The Labute approximate surface area is 135 Å². The molecular weight excluding hydrogens is 325 g/mol. The van der Waals surface area contributed by atoms with Crippen LogP contribution in [-0.4, -0.2) is 18.8 Å². The van der Waals surface area contributed by atoms with Gasteiger partial charge in [-0.25, -0.2) is 0 Å². The lowest BCUT2D eigenvalue weighted by Crippen LogP contribution is -2.43. The molecule has 0 saturated heterocycles. The van der Waals surface area contributed by atoms with Crippen LogP contribution in [0.25, 0.3) is 0 Å². The number of nitrogens with zero attached hydrogens (tertiary/aromatic N) is 2. The highest BCUT2D eigenvalue weighted by molar-refractivity contribution is 6.04. The molecule has 0 radical (unpaired) electrons. The van der Waals surface area contributed by atoms with Gasteiger partial charge in [-0.2, -0.15) is 4.73 Å². The Kier molecular flexibility index (Phi) is 4.04. The number of aromatic nitrogens is 1. The van der Waals surface area contributed by atoms with Crippen LogP contribution < -0.4 is 14.4 Å². The number of ether oxygens (including phenoxy) is 1. The van der Waals surface area contributed by atoms with E-state index in [9.17, 15) is 23.2 Å². The number of hydrogen-bond donors (Lipinski definition) is 0. The average Bonchev–Trinajstić information content (AvgIpc) is 2.52. The zero-order valence-corrected chi connectivity index (χ0v) is 12.4. The maximum atomic E-state index is 12.6. The number of aryl methyl sites for hydroxylation is 1. The zero-order chi connectivity index (χ0) is 17.3. The highest BCUT2D eigenvalue weighted by atomic mass is 19.4. The molecule has 2 aromatic rings. The molecule has 1 aliphatic heterocycles. The number of halogens is 3. The molecule has 0 saturated carbocycles. The van der Waals surface area contributed by atoms with Crippen molar-refractivity contribution in [3.8, 4) is 5.75 Å². The average molecular weight is 338 g/mol. The number of alkyl halides is 3. The van der Waals surface area contributed by atoms with Crippen LogP contribution in [0.5, 0.6) is 5.75 Å². The van der Waals surface area contributed by atoms with Gasteiger partial charge in [-0.05, 0) is 42.7 Å². The molecule has 1 aromatic carbocycles. The number of hydrogen-bond acceptors (Lipinski definition) is 3. The number of benzene rings is 1. The number of pyridine rings is 1. The van der Waals surface area contributed by atoms with Crippen molar-refractivity contribution in [3.63, 3.8) is 0 Å². The number of fused-ring (bicyclic) bond motifs is 1. The molecule has 3 rings (SSSR count). The fourth-order valence-corrected chi connectivity index (χ4v) is 2.71. The second kappa shape index (κ2) is 6.03. The van der Waals surface area contributed by atoms with Gasteiger partial charge in [0.1, 0.15) is 5.75 Å². The number of carbonyl (C=O) groups excluding carboxylic acids is 1. The lowest BCUT2D eigenvalue weighted by molar-refractivity contribution is -0.607. The molecule has 1 aliphatic rings. The first-order valence-electron chi connectivity index (χ1n) is 7.24. The smallest absolute Gasteiger partial charge is 0.573 e. The maximum absolute atomic E-state index is 12.6. The molecule has 0 bridgehead atoms. The molecule has 0 spiro atoms. The van der Waals surface area contributed by atoms with Crippen LogP contribution in [0.3, 0.4) is 0 Å². The monoisotopic (exact) mass is 338 g/mol. The van der Waals surface area contributed by atoms with E-state index in [1.807, 2.05) is 0 Å². The summed E-state index contributed by atoms with van der Waals surface area (Å²) in [6, 6.07) is 8.34. The van der Waals surface area contributed by atoms with Crippen LogP contribution in [0, 0.1) is 5.21 Å². The largest absolute Gasteiger partial charge is 0.618 e. The molecule has 0 aliphatic carbocycles. The molecule has 1 aromatic heterocycles. The van der Waals surface area contributed by atoms with Crippen molar-refractivity contribution in [3.05, 3.63) is 59.1 Å². The summed E-state index contributed by atoms with van der Waals surface area (Å²) in [5.41, 5.74) is 1.02. The molecule has 24 heavy (non-hydrogen) atoms. The number of anilines is 1. The Morgan fingerprint density at radius 2 is 2.04 bits per heavy atom. The van der Waals surface area contributed by atoms with Gasteiger partial charge < -0.3 is 14.8 Å². The van der Waals surface area contributed by atoms with Crippen molar-refractivity contribution >= 4 is 11.6 Å². The third-order valence-electron chi connectivity index (χ3n) is 3.69. The third kappa shape index (κ3) is 3.27. The molecule has 1 amide bonds. The topological polar surface area (TPSA) is 56.5 Å². The summed E-state index contributed by atoms with van der Waals surface area (Å²) in [5.74, 6) is -0.815. The second-order valence-electron chi connectivity index (χ2n) is 5.31. The molecule has 0 unspecified atom stereocenters. The number of amides is 1. The van der Waals surface area contributed by atoms with Gasteiger partial charge in [0, 0.05) is 24.4 Å². The van der Waals surface area contributed by atoms with Gasteiger partial charge in [-0.3, -0.25) is 4.79 Å². The minimum atomic E-state index is -4.77. The highest BCUT2D eigenvalue weighted by Gasteiger charge is 2.32. The van der Waals surface area contributed by atoms with E-state index >= 15 is 0 Å². The summed E-state index contributed by atoms with van der Waals surface area (Å²) < 4.78 is 41.3. The van der Waals surface area contributed by atoms with E-state index in [0.29, 0.717) is 35.4 Å². The quantitative estimate of drug-likeness (QED) is 0.625. The van der Waals surface area contributed by atoms with E-state index in [4.69, 9.17) is 0 Å². The van der Waals surface area contributed by atoms with E-state index < -0.39 is 12.3 Å². The fraction of sp³-hybridized carbons (Fsp3) is 0.250. The first-order valence-corrected chi connectivity index (χ1v) is 7.24. The van der Waals surface area contributed by atoms with Gasteiger partial charge >= 0.3 is 12.3 Å². The molecule has 2 heterocycles. The van der Waals surface area contributed by atoms with Crippen molar-refractivity contribution in [1.82, 2.24) is 0 Å². The Morgan fingerprint density at radius 3 is 2.75 bits per heavy atom. The summed E-state index contributed by atoms with van der Waals surface area (Å²) in [6.07, 6.45) is -2.44. The third-order valence-corrected chi connectivity index (χ3v) is 3.69. The maximum Gasteiger partial charge on any atom is 0.573 e. The van der Waals surface area contributed by atoms with E-state index in [1.54, 1.807) is 6.07 Å². The van der Waals surface area contributed by atoms with Crippen LogP contribution in [0.2, 0.25) is 0 Å². The number of rotatable bonds is 2. The van der Waals surface area contributed by atoms with Crippen LogP contribution in [0.15, 0.2) is 42.6 Å². The highest BCUT2D eigenvalue weighted by Crippen LogP contribution is 2.33. The molecular formula is C16H13F3N2O3. The summed E-state index contributed by atoms with van der Waals surface area (Å²) in [4.78, 5) is 14.0. The van der Waals surface area contributed by atoms with Gasteiger partial charge in [-0.15, -0.1) is 13.2 Å². The lowest BCUT2D eigenvalue weighted by atomic mass is 10.0. The van der Waals surface area contributed by atoms with E-state index in [2.05, 4.69) is 4.74 Å². The summed E-state index contributed by atoms with van der Waals surface area (Å²) in [6.45, 7) is 0.389. The van der Waals surface area contributed by atoms with Crippen LogP contribution in [0.1, 0.15) is 22.5 Å². The number of carbonyl (C=O) groups is 1. The summed E-state index contributed by atoms with van der Waals surface area (Å²) in [5, 5.41) is 11.8. The fourth-order valence-electron chi connectivity index (χ4n) is 2.71. The molecule has 0 fully saturated rings. The van der Waals surface area contributed by atoms with Gasteiger partial charge in [0.05, 0.1) is 0 Å². The molecule has 0 atom stereocenters. The van der Waals surface area contributed by atoms with Crippen LogP contribution in [0.4, 0.5) is 18.9 Å². The van der Waals surface area contributed by atoms with Crippen LogP contribution >= 0.6 is 0 Å². The first kappa shape index (κ1) is 16.1. The SMILES string of the molecule is O=C(c1cccc[n+]1[O-])N1CCCc2cc(OC(F)(F)F)ccc21. The van der Waals surface area contributed by atoms with Gasteiger partial charge in [0.2, 0.25) is 0 Å². The Hall–Kier alpha value is -2.77. The van der Waals surface area contributed by atoms with E-state index in [0.717, 1.165) is 6.07 Å². The normalized spacial score (nSPS) is 14.2. The van der Waals surface area contributed by atoms with Crippen molar-refractivity contribution < 1.29 is 27.4 Å². The molecule has 5 nitrogen and oxygen atoms in total. The van der Waals surface area contributed by atoms with Crippen molar-refractivity contribution in [1.29, 1.82) is 0 Å². The van der Waals surface area contributed by atoms with Crippen LogP contribution in [-0.2, 0) is 6.42 Å². The van der Waals surface area contributed by atoms with Gasteiger partial charge in [-0.1, -0.05) is 0 Å². The lowest BCUT2D eigenvalue weighted by Gasteiger charge is -2.29. The first-order chi connectivity index (χ1) is 11.3. The van der Waals surface area contributed by atoms with E-state index in [1.165, 1.54) is 35.4 Å². The second-order valence-corrected chi connectivity index (χ2v) is 5.31. The minimum absolute atomic E-state index is 0.0408.